The second-order valence-electron chi connectivity index (χ2n) is 12.6. The van der Waals surface area contributed by atoms with Gasteiger partial charge in [-0.15, -0.1) is 0 Å². The third kappa shape index (κ3) is 20.9. The zero-order valence-corrected chi connectivity index (χ0v) is 28.6. The SMILES string of the molecule is CCCCCCCCCCCCCCOC(C)(OCCCCCCCCCCCCCC)OC(=O)c1ccccc1C(=O)[O-]. The minimum atomic E-state index is -1.58. The summed E-state index contributed by atoms with van der Waals surface area (Å²) in [5.41, 5.74) is -0.275. The average Bonchev–Trinajstić information content (AvgIpc) is 3.01. The third-order valence-electron chi connectivity index (χ3n) is 8.37. The van der Waals surface area contributed by atoms with Gasteiger partial charge in [-0.2, -0.15) is 0 Å². The third-order valence-corrected chi connectivity index (χ3v) is 8.37. The van der Waals surface area contributed by atoms with Crippen molar-refractivity contribution in [1.29, 1.82) is 0 Å². The van der Waals surface area contributed by atoms with Crippen LogP contribution in [0.1, 0.15) is 196 Å². The largest absolute Gasteiger partial charge is 0.545 e. The smallest absolute Gasteiger partial charge is 0.343 e. The fourth-order valence-electron chi connectivity index (χ4n) is 5.56. The molecule has 0 radical (unpaired) electrons. The van der Waals surface area contributed by atoms with Gasteiger partial charge in [-0.05, 0) is 18.9 Å². The molecule has 0 aliphatic heterocycles. The maximum absolute atomic E-state index is 13.0. The van der Waals surface area contributed by atoms with E-state index in [1.54, 1.807) is 19.1 Å². The van der Waals surface area contributed by atoms with E-state index >= 15 is 0 Å². The van der Waals surface area contributed by atoms with Crippen LogP contribution >= 0.6 is 0 Å². The summed E-state index contributed by atoms with van der Waals surface area (Å²) in [5, 5.41) is 11.5. The Morgan fingerprint density at radius 1 is 0.545 bits per heavy atom. The number of esters is 1. The summed E-state index contributed by atoms with van der Waals surface area (Å²) >= 11 is 0. The molecule has 0 aliphatic carbocycles. The molecule has 1 rings (SSSR count). The Hall–Kier alpha value is -1.92. The summed E-state index contributed by atoms with van der Waals surface area (Å²) in [6.45, 7) is 6.92. The maximum atomic E-state index is 13.0. The number of aromatic carboxylic acids is 1. The number of carboxylic acids is 1. The molecule has 254 valence electrons. The molecule has 0 heterocycles. The zero-order valence-electron chi connectivity index (χ0n) is 28.6. The minimum Gasteiger partial charge on any atom is -0.545 e. The van der Waals surface area contributed by atoms with Crippen LogP contribution in [-0.4, -0.2) is 31.1 Å². The van der Waals surface area contributed by atoms with Crippen LogP contribution in [0.15, 0.2) is 24.3 Å². The Bertz CT molecular complexity index is 808. The molecule has 0 bridgehead atoms. The molecule has 0 spiro atoms. The van der Waals surface area contributed by atoms with Crippen molar-refractivity contribution >= 4 is 11.9 Å². The van der Waals surface area contributed by atoms with Gasteiger partial charge in [-0.1, -0.05) is 173 Å². The molecule has 0 saturated carbocycles. The van der Waals surface area contributed by atoms with Crippen LogP contribution in [0.5, 0.6) is 0 Å². The second-order valence-corrected chi connectivity index (χ2v) is 12.6. The molecule has 6 heteroatoms. The van der Waals surface area contributed by atoms with E-state index in [-0.39, 0.29) is 11.1 Å². The highest BCUT2D eigenvalue weighted by Crippen LogP contribution is 2.22. The molecule has 1 aromatic carbocycles. The van der Waals surface area contributed by atoms with E-state index in [2.05, 4.69) is 13.8 Å². The zero-order chi connectivity index (χ0) is 32.1. The number of carboxylic acid groups (broad SMARTS) is 1. The Morgan fingerprint density at radius 2 is 0.864 bits per heavy atom. The van der Waals surface area contributed by atoms with Crippen LogP contribution in [0.2, 0.25) is 0 Å². The van der Waals surface area contributed by atoms with E-state index in [1.165, 1.54) is 128 Å². The Labute approximate surface area is 270 Å². The van der Waals surface area contributed by atoms with Crippen LogP contribution in [0.4, 0.5) is 0 Å². The van der Waals surface area contributed by atoms with Crippen molar-refractivity contribution in [2.75, 3.05) is 13.2 Å². The maximum Gasteiger partial charge on any atom is 0.343 e. The number of ether oxygens (including phenoxy) is 3. The molecular formula is C38H65O6-. The molecule has 0 fully saturated rings. The fraction of sp³-hybridized carbons (Fsp3) is 0.789. The van der Waals surface area contributed by atoms with Gasteiger partial charge < -0.3 is 24.1 Å². The number of carbonyl (C=O) groups is 2. The highest BCUT2D eigenvalue weighted by atomic mass is 16.9. The minimum absolute atomic E-state index is 0.0679. The first-order valence-corrected chi connectivity index (χ1v) is 18.2. The number of rotatable bonds is 31. The predicted molar refractivity (Wildman–Crippen MR) is 179 cm³/mol. The molecule has 0 unspecified atom stereocenters. The van der Waals surface area contributed by atoms with E-state index in [0.29, 0.717) is 13.2 Å². The summed E-state index contributed by atoms with van der Waals surface area (Å²) in [7, 11) is 0. The molecule has 6 nitrogen and oxygen atoms in total. The normalized spacial score (nSPS) is 11.6. The van der Waals surface area contributed by atoms with Crippen molar-refractivity contribution in [2.45, 2.75) is 181 Å². The van der Waals surface area contributed by atoms with Gasteiger partial charge >= 0.3 is 11.9 Å². The summed E-state index contributed by atoms with van der Waals surface area (Å²) < 4.78 is 17.6. The van der Waals surface area contributed by atoms with Gasteiger partial charge in [0, 0.05) is 12.5 Å². The van der Waals surface area contributed by atoms with Gasteiger partial charge in [0.2, 0.25) is 0 Å². The number of unbranched alkanes of at least 4 members (excludes halogenated alkanes) is 22. The fourth-order valence-corrected chi connectivity index (χ4v) is 5.56. The van der Waals surface area contributed by atoms with Gasteiger partial charge in [0.05, 0.1) is 24.7 Å². The summed E-state index contributed by atoms with van der Waals surface area (Å²) in [6.07, 6.45) is 30.0. The topological polar surface area (TPSA) is 84.9 Å². The second kappa shape index (κ2) is 27.4. The van der Waals surface area contributed by atoms with E-state index < -0.39 is 17.9 Å². The van der Waals surface area contributed by atoms with Crippen LogP contribution in [0, 0.1) is 0 Å². The van der Waals surface area contributed by atoms with Crippen LogP contribution in [0.3, 0.4) is 0 Å². The van der Waals surface area contributed by atoms with Crippen molar-refractivity contribution < 1.29 is 28.9 Å². The molecular weight excluding hydrogens is 552 g/mol. The van der Waals surface area contributed by atoms with E-state index in [1.807, 2.05) is 0 Å². The highest BCUT2D eigenvalue weighted by Gasteiger charge is 2.32. The molecule has 1 aromatic rings. The first-order chi connectivity index (χ1) is 21.4. The van der Waals surface area contributed by atoms with Crippen LogP contribution < -0.4 is 5.11 Å². The van der Waals surface area contributed by atoms with Crippen molar-refractivity contribution in [3.63, 3.8) is 0 Å². The van der Waals surface area contributed by atoms with Crippen molar-refractivity contribution in [2.24, 2.45) is 0 Å². The summed E-state index contributed by atoms with van der Waals surface area (Å²) in [5.74, 6) is -3.79. The predicted octanol–water partition coefficient (Wildman–Crippen LogP) is 10.3. The molecule has 0 saturated heterocycles. The number of carbonyl (C=O) groups excluding carboxylic acids is 2. The molecule has 0 atom stereocenters. The van der Waals surface area contributed by atoms with Gasteiger partial charge in [0.25, 0.3) is 0 Å². The molecule has 0 aliphatic rings. The lowest BCUT2D eigenvalue weighted by Crippen LogP contribution is -2.39. The van der Waals surface area contributed by atoms with Crippen molar-refractivity contribution in [3.05, 3.63) is 35.4 Å². The summed E-state index contributed by atoms with van der Waals surface area (Å²) in [4.78, 5) is 24.5. The summed E-state index contributed by atoms with van der Waals surface area (Å²) in [6, 6.07) is 5.91. The van der Waals surface area contributed by atoms with E-state index in [4.69, 9.17) is 14.2 Å². The lowest BCUT2D eigenvalue weighted by molar-refractivity contribution is -0.345. The molecule has 44 heavy (non-hydrogen) atoms. The van der Waals surface area contributed by atoms with Crippen LogP contribution in [0.25, 0.3) is 0 Å². The van der Waals surface area contributed by atoms with Gasteiger partial charge in [0.1, 0.15) is 0 Å². The Kier molecular flexibility index (Phi) is 25.0. The van der Waals surface area contributed by atoms with E-state index in [0.717, 1.165) is 38.5 Å². The molecule has 0 N–H and O–H groups in total. The molecule has 0 amide bonds. The number of benzene rings is 1. The van der Waals surface area contributed by atoms with Gasteiger partial charge in [0.15, 0.2) is 0 Å². The van der Waals surface area contributed by atoms with Crippen LogP contribution in [-0.2, 0) is 14.2 Å². The van der Waals surface area contributed by atoms with Gasteiger partial charge in [-0.25, -0.2) is 4.79 Å². The number of hydrogen-bond donors (Lipinski definition) is 0. The first-order valence-electron chi connectivity index (χ1n) is 18.2. The van der Waals surface area contributed by atoms with Crippen molar-refractivity contribution in [1.82, 2.24) is 0 Å². The lowest BCUT2D eigenvalue weighted by atomic mass is 10.1. The monoisotopic (exact) mass is 617 g/mol. The number of hydrogen-bond acceptors (Lipinski definition) is 6. The van der Waals surface area contributed by atoms with Gasteiger partial charge in [-0.3, -0.25) is 0 Å². The highest BCUT2D eigenvalue weighted by molar-refractivity contribution is 6.01. The average molecular weight is 618 g/mol. The first kappa shape index (κ1) is 40.1. The lowest BCUT2D eigenvalue weighted by Gasteiger charge is -2.29. The Morgan fingerprint density at radius 3 is 1.20 bits per heavy atom. The standard InChI is InChI=1S/C38H66O6/c1-4-6-8-10-12-14-16-18-20-22-24-28-32-42-38(3,44-37(41)35-31-27-26-30-34(35)36(39)40)43-33-29-25-23-21-19-17-15-13-11-9-7-5-2/h26-27,30-31H,4-25,28-29,32-33H2,1-3H3,(H,39,40)/p-1. The molecule has 0 aromatic heterocycles. The quantitative estimate of drug-likeness (QED) is 0.0468. The van der Waals surface area contributed by atoms with Crippen molar-refractivity contribution in [3.8, 4) is 0 Å². The Balaban J connectivity index is 2.39. The van der Waals surface area contributed by atoms with E-state index in [9.17, 15) is 14.7 Å².